The summed E-state index contributed by atoms with van der Waals surface area (Å²) in [5.74, 6) is 0.720. The van der Waals surface area contributed by atoms with Crippen LogP contribution in [0.15, 0.2) is 224 Å². The van der Waals surface area contributed by atoms with Crippen molar-refractivity contribution in [2.75, 3.05) is 4.90 Å². The summed E-state index contributed by atoms with van der Waals surface area (Å²) in [6, 6.07) is 80.4. The lowest BCUT2D eigenvalue weighted by molar-refractivity contribution is 1.18. The van der Waals surface area contributed by atoms with Crippen LogP contribution < -0.4 is 4.90 Å². The van der Waals surface area contributed by atoms with Gasteiger partial charge in [-0.25, -0.2) is 9.97 Å². The molecule has 0 bridgehead atoms. The van der Waals surface area contributed by atoms with Gasteiger partial charge in [-0.1, -0.05) is 169 Å². The molecule has 310 valence electrons. The first-order valence-electron chi connectivity index (χ1n) is 22.2. The summed E-state index contributed by atoms with van der Waals surface area (Å²) in [6.45, 7) is 6.44. The molecule has 11 rings (SSSR count). The van der Waals surface area contributed by atoms with Crippen LogP contribution in [0.1, 0.15) is 16.7 Å². The summed E-state index contributed by atoms with van der Waals surface area (Å²) in [5, 5.41) is 2.45. The minimum Gasteiger partial charge on any atom is -0.310 e. The van der Waals surface area contributed by atoms with Gasteiger partial charge in [0.05, 0.1) is 22.4 Å². The summed E-state index contributed by atoms with van der Waals surface area (Å²) in [7, 11) is 0. The van der Waals surface area contributed by atoms with Crippen molar-refractivity contribution in [3.63, 3.8) is 0 Å². The molecule has 65 heavy (non-hydrogen) atoms. The molecule has 0 fully saturated rings. The molecule has 0 aliphatic rings. The van der Waals surface area contributed by atoms with Crippen molar-refractivity contribution in [1.29, 1.82) is 0 Å². The zero-order chi connectivity index (χ0) is 43.9. The summed E-state index contributed by atoms with van der Waals surface area (Å²) in [4.78, 5) is 12.4. The van der Waals surface area contributed by atoms with Crippen LogP contribution in [0.2, 0.25) is 0 Å². The van der Waals surface area contributed by atoms with Crippen LogP contribution in [0.25, 0.3) is 83.6 Å². The molecule has 0 aliphatic heterocycles. The molecule has 0 aliphatic carbocycles. The second kappa shape index (κ2) is 16.7. The highest BCUT2D eigenvalue weighted by Gasteiger charge is 2.18. The Hall–Kier alpha value is -8.34. The first-order chi connectivity index (χ1) is 31.9. The number of para-hydroxylation sites is 1. The van der Waals surface area contributed by atoms with Crippen molar-refractivity contribution in [1.82, 2.24) is 14.5 Å². The van der Waals surface area contributed by atoms with E-state index in [1.807, 2.05) is 24.3 Å². The van der Waals surface area contributed by atoms with Crippen LogP contribution in [0.5, 0.6) is 0 Å². The third-order valence-corrected chi connectivity index (χ3v) is 12.5. The molecular formula is C61H46N4. The molecule has 0 saturated carbocycles. The average molecular weight is 835 g/mol. The third kappa shape index (κ3) is 7.66. The molecule has 11 aromatic rings. The topological polar surface area (TPSA) is 34.0 Å². The van der Waals surface area contributed by atoms with Crippen molar-refractivity contribution in [2.24, 2.45) is 0 Å². The molecule has 0 radical (unpaired) electrons. The number of hydrogen-bond acceptors (Lipinski definition) is 3. The van der Waals surface area contributed by atoms with Gasteiger partial charge in [0.15, 0.2) is 5.82 Å². The second-order valence-electron chi connectivity index (χ2n) is 16.9. The molecule has 2 heterocycles. The van der Waals surface area contributed by atoms with Gasteiger partial charge in [0.1, 0.15) is 0 Å². The van der Waals surface area contributed by atoms with Crippen LogP contribution in [0.4, 0.5) is 17.1 Å². The Morgan fingerprint density at radius 2 is 0.862 bits per heavy atom. The van der Waals surface area contributed by atoms with Gasteiger partial charge in [0, 0.05) is 50.2 Å². The molecule has 4 nitrogen and oxygen atoms in total. The number of fused-ring (bicyclic) bond motifs is 3. The van der Waals surface area contributed by atoms with E-state index in [9.17, 15) is 0 Å². The van der Waals surface area contributed by atoms with Crippen molar-refractivity contribution < 1.29 is 0 Å². The molecule has 0 unspecified atom stereocenters. The zero-order valence-electron chi connectivity index (χ0n) is 36.7. The Balaban J connectivity index is 0.884. The van der Waals surface area contributed by atoms with E-state index in [-0.39, 0.29) is 0 Å². The van der Waals surface area contributed by atoms with Crippen LogP contribution in [-0.4, -0.2) is 14.5 Å². The smallest absolute Gasteiger partial charge is 0.160 e. The predicted octanol–water partition coefficient (Wildman–Crippen LogP) is 16.3. The Morgan fingerprint density at radius 3 is 1.49 bits per heavy atom. The molecule has 4 heteroatoms. The van der Waals surface area contributed by atoms with Gasteiger partial charge in [0.2, 0.25) is 0 Å². The van der Waals surface area contributed by atoms with Gasteiger partial charge in [-0.15, -0.1) is 0 Å². The first-order valence-corrected chi connectivity index (χ1v) is 22.2. The summed E-state index contributed by atoms with van der Waals surface area (Å²) in [5.41, 5.74) is 20.2. The SMILES string of the molecule is Cc1ccc(N(c2ccc(C)cc2)c2ccc3c(c2)c2ccccc2n3-c2ccc(-c3ccc(-c4ccc(-c5cc(-c6ccccc6)nc(-c6ccccc6)n5)c(C)c4)cc3)cc2)cc1. The number of rotatable bonds is 9. The lowest BCUT2D eigenvalue weighted by Crippen LogP contribution is -2.09. The molecule has 2 aromatic heterocycles. The van der Waals surface area contributed by atoms with E-state index in [4.69, 9.17) is 9.97 Å². The van der Waals surface area contributed by atoms with Crippen molar-refractivity contribution >= 4 is 38.9 Å². The standard InChI is InChI=1S/C61H46N4/c1-41-18-29-50(30-19-41)64(51-31-20-42(2)21-32-51)53-35-37-60-56(39-53)55-16-10-11-17-59(55)65(60)52-33-26-45(27-34-52)44-22-24-46(25-23-44)49-28-36-54(43(3)38-49)58-40-57(47-12-6-4-7-13-47)62-61(63-58)48-14-8-5-9-15-48/h4-40H,1-3H3. The third-order valence-electron chi connectivity index (χ3n) is 12.5. The van der Waals surface area contributed by atoms with E-state index in [2.05, 4.69) is 230 Å². The fraction of sp³-hybridized carbons (Fsp3) is 0.0492. The van der Waals surface area contributed by atoms with Crippen LogP contribution in [0.3, 0.4) is 0 Å². The lowest BCUT2D eigenvalue weighted by atomic mass is 9.96. The largest absolute Gasteiger partial charge is 0.310 e. The number of benzene rings is 9. The van der Waals surface area contributed by atoms with Crippen molar-refractivity contribution in [3.8, 4) is 61.8 Å². The van der Waals surface area contributed by atoms with Gasteiger partial charge < -0.3 is 9.47 Å². The maximum atomic E-state index is 5.08. The Kier molecular flexibility index (Phi) is 10.2. The summed E-state index contributed by atoms with van der Waals surface area (Å²) < 4.78 is 2.39. The normalized spacial score (nSPS) is 11.3. The summed E-state index contributed by atoms with van der Waals surface area (Å²) in [6.07, 6.45) is 0. The van der Waals surface area contributed by atoms with Crippen LogP contribution in [-0.2, 0) is 0 Å². The molecular weight excluding hydrogens is 789 g/mol. The molecule has 9 aromatic carbocycles. The average Bonchev–Trinajstić information content (AvgIpc) is 3.69. The maximum absolute atomic E-state index is 5.08. The lowest BCUT2D eigenvalue weighted by Gasteiger charge is -2.26. The second-order valence-corrected chi connectivity index (χ2v) is 16.9. The minimum absolute atomic E-state index is 0.720. The number of aryl methyl sites for hydroxylation is 3. The van der Waals surface area contributed by atoms with Gasteiger partial charge in [-0.3, -0.25) is 0 Å². The van der Waals surface area contributed by atoms with E-state index >= 15 is 0 Å². The number of nitrogens with zero attached hydrogens (tertiary/aromatic N) is 4. The van der Waals surface area contributed by atoms with E-state index in [0.29, 0.717) is 0 Å². The highest BCUT2D eigenvalue weighted by Crippen LogP contribution is 2.40. The Labute approximate surface area is 380 Å². The first kappa shape index (κ1) is 39.5. The number of anilines is 3. The fourth-order valence-corrected chi connectivity index (χ4v) is 9.06. The highest BCUT2D eigenvalue weighted by molar-refractivity contribution is 6.10. The number of aromatic nitrogens is 3. The van der Waals surface area contributed by atoms with Gasteiger partial charge in [-0.05, 0) is 115 Å². The molecule has 0 amide bonds. The van der Waals surface area contributed by atoms with Gasteiger partial charge in [-0.2, -0.15) is 0 Å². The molecule has 0 spiro atoms. The molecule has 0 atom stereocenters. The molecule has 0 saturated heterocycles. The quantitative estimate of drug-likeness (QED) is 0.145. The van der Waals surface area contributed by atoms with Crippen molar-refractivity contribution in [2.45, 2.75) is 20.8 Å². The fourth-order valence-electron chi connectivity index (χ4n) is 9.06. The Morgan fingerprint density at radius 1 is 0.354 bits per heavy atom. The molecule has 0 N–H and O–H groups in total. The summed E-state index contributed by atoms with van der Waals surface area (Å²) >= 11 is 0. The maximum Gasteiger partial charge on any atom is 0.160 e. The highest BCUT2D eigenvalue weighted by atomic mass is 15.1. The van der Waals surface area contributed by atoms with Gasteiger partial charge in [0.25, 0.3) is 0 Å². The monoisotopic (exact) mass is 834 g/mol. The number of hydrogen-bond donors (Lipinski definition) is 0. The van der Waals surface area contributed by atoms with E-state index in [1.165, 1.54) is 55.2 Å². The van der Waals surface area contributed by atoms with E-state index < -0.39 is 0 Å². The van der Waals surface area contributed by atoms with Crippen molar-refractivity contribution in [3.05, 3.63) is 241 Å². The van der Waals surface area contributed by atoms with Gasteiger partial charge >= 0.3 is 0 Å². The van der Waals surface area contributed by atoms with E-state index in [0.717, 1.165) is 62.2 Å². The van der Waals surface area contributed by atoms with Crippen LogP contribution >= 0.6 is 0 Å². The Bertz CT molecular complexity index is 3360. The predicted molar refractivity (Wildman–Crippen MR) is 272 cm³/mol. The zero-order valence-corrected chi connectivity index (χ0v) is 36.7. The van der Waals surface area contributed by atoms with E-state index in [1.54, 1.807) is 0 Å². The van der Waals surface area contributed by atoms with Crippen LogP contribution in [0, 0.1) is 20.8 Å². The minimum atomic E-state index is 0.720.